The number of benzene rings is 2. The summed E-state index contributed by atoms with van der Waals surface area (Å²) in [7, 11) is -3.92. The van der Waals surface area contributed by atoms with E-state index in [2.05, 4.69) is 25.5 Å². The van der Waals surface area contributed by atoms with Gasteiger partial charge in [-0.05, 0) is 36.2 Å². The lowest BCUT2D eigenvalue weighted by Crippen LogP contribution is -2.13. The average molecular weight is 483 g/mol. The number of hydrogen-bond donors (Lipinski definition) is 2. The van der Waals surface area contributed by atoms with Gasteiger partial charge in [0.1, 0.15) is 10.6 Å². The molecule has 3 N–H and O–H groups in total. The van der Waals surface area contributed by atoms with Gasteiger partial charge < -0.3 is 5.32 Å². The number of rotatable bonds is 6. The molecule has 5 rings (SSSR count). The number of pyridine rings is 2. The van der Waals surface area contributed by atoms with Crippen molar-refractivity contribution in [3.63, 3.8) is 0 Å². The fourth-order valence-corrected chi connectivity index (χ4v) is 4.50. The first-order valence-electron chi connectivity index (χ1n) is 10.9. The molecule has 0 radical (unpaired) electrons. The van der Waals surface area contributed by atoms with Crippen LogP contribution in [0, 0.1) is 0 Å². The van der Waals surface area contributed by atoms with Crippen molar-refractivity contribution in [2.75, 3.05) is 5.32 Å². The molecule has 35 heavy (non-hydrogen) atoms. The van der Waals surface area contributed by atoms with E-state index in [1.807, 2.05) is 73.7 Å². The van der Waals surface area contributed by atoms with E-state index >= 15 is 0 Å². The molecule has 3 aromatic heterocycles. The number of anilines is 1. The molecule has 0 saturated heterocycles. The molecule has 1 unspecified atom stereocenters. The highest BCUT2D eigenvalue weighted by atomic mass is 32.2. The molecule has 0 aliphatic rings. The van der Waals surface area contributed by atoms with Crippen molar-refractivity contribution in [1.82, 2.24) is 20.2 Å². The molecule has 1 atom stereocenters. The van der Waals surface area contributed by atoms with Crippen LogP contribution in [0.25, 0.3) is 33.2 Å². The van der Waals surface area contributed by atoms with Crippen LogP contribution in [0.5, 0.6) is 0 Å². The second-order valence-electron chi connectivity index (χ2n) is 8.07. The van der Waals surface area contributed by atoms with Gasteiger partial charge in [0.05, 0.1) is 11.7 Å². The molecule has 0 spiro atoms. The predicted octanol–water partition coefficient (Wildman–Crippen LogP) is 4.57. The molecular formula is C26H22N6O2S. The summed E-state index contributed by atoms with van der Waals surface area (Å²) in [4.78, 5) is 8.43. The molecule has 5 aromatic rings. The molecule has 3 heterocycles. The lowest BCUT2D eigenvalue weighted by molar-refractivity contribution is 0.597. The minimum absolute atomic E-state index is 0.0878. The van der Waals surface area contributed by atoms with Crippen molar-refractivity contribution >= 4 is 26.6 Å². The molecule has 2 aromatic carbocycles. The summed E-state index contributed by atoms with van der Waals surface area (Å²) in [5, 5.41) is 19.4. The van der Waals surface area contributed by atoms with Gasteiger partial charge >= 0.3 is 0 Å². The van der Waals surface area contributed by atoms with Gasteiger partial charge in [0, 0.05) is 34.9 Å². The second kappa shape index (κ2) is 9.21. The SMILES string of the molecule is CC(Nc1nnc(-c2cncc(S(N)(=O)=O)c2)c2cccc(-c3ccccc3)c12)c1ccccn1. The number of aromatic nitrogens is 4. The maximum atomic E-state index is 11.9. The van der Waals surface area contributed by atoms with Crippen molar-refractivity contribution in [3.05, 3.63) is 97.1 Å². The third kappa shape index (κ3) is 4.59. The van der Waals surface area contributed by atoms with E-state index in [1.165, 1.54) is 12.3 Å². The number of fused-ring (bicyclic) bond motifs is 1. The fraction of sp³-hybridized carbons (Fsp3) is 0.0769. The molecule has 8 nitrogen and oxygen atoms in total. The molecule has 0 saturated carbocycles. The fourth-order valence-electron chi connectivity index (χ4n) is 4.00. The highest BCUT2D eigenvalue weighted by Crippen LogP contribution is 2.38. The van der Waals surface area contributed by atoms with Crippen LogP contribution >= 0.6 is 0 Å². The Morgan fingerprint density at radius 3 is 2.43 bits per heavy atom. The monoisotopic (exact) mass is 482 g/mol. The lowest BCUT2D eigenvalue weighted by atomic mass is 9.96. The topological polar surface area (TPSA) is 124 Å². The van der Waals surface area contributed by atoms with E-state index in [4.69, 9.17) is 5.14 Å². The molecule has 174 valence electrons. The minimum atomic E-state index is -3.92. The Morgan fingerprint density at radius 2 is 1.69 bits per heavy atom. The summed E-state index contributed by atoms with van der Waals surface area (Å²) in [6.45, 7) is 2.01. The third-order valence-electron chi connectivity index (χ3n) is 5.69. The summed E-state index contributed by atoms with van der Waals surface area (Å²) in [6.07, 6.45) is 4.52. The highest BCUT2D eigenvalue weighted by molar-refractivity contribution is 7.89. The second-order valence-corrected chi connectivity index (χ2v) is 9.63. The Labute approximate surface area is 203 Å². The molecule has 0 aliphatic carbocycles. The summed E-state index contributed by atoms with van der Waals surface area (Å²) in [5.41, 5.74) is 3.86. The van der Waals surface area contributed by atoms with E-state index in [1.54, 1.807) is 12.4 Å². The van der Waals surface area contributed by atoms with E-state index in [9.17, 15) is 8.42 Å². The predicted molar refractivity (Wildman–Crippen MR) is 136 cm³/mol. The number of hydrogen-bond acceptors (Lipinski definition) is 7. The van der Waals surface area contributed by atoms with Crippen molar-refractivity contribution in [1.29, 1.82) is 0 Å². The molecule has 0 aliphatic heterocycles. The van der Waals surface area contributed by atoms with Gasteiger partial charge in [0.25, 0.3) is 0 Å². The van der Waals surface area contributed by atoms with Gasteiger partial charge in [-0.25, -0.2) is 13.6 Å². The van der Waals surface area contributed by atoms with Crippen LogP contribution < -0.4 is 10.5 Å². The zero-order chi connectivity index (χ0) is 24.4. The Morgan fingerprint density at radius 1 is 0.886 bits per heavy atom. The van der Waals surface area contributed by atoms with Gasteiger partial charge in [0.2, 0.25) is 10.0 Å². The van der Waals surface area contributed by atoms with Crippen molar-refractivity contribution in [3.8, 4) is 22.4 Å². The molecule has 0 amide bonds. The standard InChI is InChI=1S/C26H22N6O2S/c1-17(23-12-5-6-13-29-23)30-26-24-21(18-8-3-2-4-9-18)10-7-11-22(24)25(31-32-26)19-14-20(16-28-15-19)35(27,33)34/h2-17H,1H3,(H,30,32)(H2,27,33,34). The highest BCUT2D eigenvalue weighted by Gasteiger charge is 2.19. The molecular weight excluding hydrogens is 460 g/mol. The Kier molecular flexibility index (Phi) is 5.94. The van der Waals surface area contributed by atoms with Crippen LogP contribution in [0.2, 0.25) is 0 Å². The van der Waals surface area contributed by atoms with Crippen LogP contribution in [-0.2, 0) is 10.0 Å². The average Bonchev–Trinajstić information content (AvgIpc) is 2.89. The van der Waals surface area contributed by atoms with E-state index in [0.717, 1.165) is 27.6 Å². The first-order chi connectivity index (χ1) is 16.9. The maximum Gasteiger partial charge on any atom is 0.239 e. The van der Waals surface area contributed by atoms with Gasteiger partial charge in [-0.1, -0.05) is 54.6 Å². The summed E-state index contributed by atoms with van der Waals surface area (Å²) in [6, 6.07) is 23.0. The Balaban J connectivity index is 1.73. The van der Waals surface area contributed by atoms with E-state index < -0.39 is 10.0 Å². The largest absolute Gasteiger partial charge is 0.360 e. The van der Waals surface area contributed by atoms with Gasteiger partial charge in [-0.3, -0.25) is 9.97 Å². The van der Waals surface area contributed by atoms with Crippen molar-refractivity contribution in [2.24, 2.45) is 5.14 Å². The van der Waals surface area contributed by atoms with Gasteiger partial charge in [0.15, 0.2) is 5.82 Å². The van der Waals surface area contributed by atoms with Crippen LogP contribution in [0.15, 0.2) is 96.3 Å². The van der Waals surface area contributed by atoms with Crippen molar-refractivity contribution < 1.29 is 8.42 Å². The number of primary sulfonamides is 1. The zero-order valence-electron chi connectivity index (χ0n) is 18.8. The zero-order valence-corrected chi connectivity index (χ0v) is 19.6. The Hall–Kier alpha value is -4.21. The van der Waals surface area contributed by atoms with E-state index in [-0.39, 0.29) is 10.9 Å². The number of nitrogens with one attached hydrogen (secondary N) is 1. The van der Waals surface area contributed by atoms with Crippen LogP contribution in [0.4, 0.5) is 5.82 Å². The lowest BCUT2D eigenvalue weighted by Gasteiger charge is -2.18. The summed E-state index contributed by atoms with van der Waals surface area (Å²) < 4.78 is 23.8. The van der Waals surface area contributed by atoms with Crippen molar-refractivity contribution in [2.45, 2.75) is 17.9 Å². The quantitative estimate of drug-likeness (QED) is 0.363. The van der Waals surface area contributed by atoms with Crippen LogP contribution in [-0.4, -0.2) is 28.6 Å². The number of sulfonamides is 1. The summed E-state index contributed by atoms with van der Waals surface area (Å²) in [5.74, 6) is 0.594. The molecule has 0 bridgehead atoms. The third-order valence-corrected chi connectivity index (χ3v) is 6.57. The Bertz CT molecular complexity index is 1610. The molecule has 9 heteroatoms. The van der Waals surface area contributed by atoms with E-state index in [0.29, 0.717) is 17.1 Å². The summed E-state index contributed by atoms with van der Waals surface area (Å²) >= 11 is 0. The minimum Gasteiger partial charge on any atom is -0.360 e. The van der Waals surface area contributed by atoms with Crippen LogP contribution in [0.3, 0.4) is 0 Å². The smallest absolute Gasteiger partial charge is 0.239 e. The maximum absolute atomic E-state index is 11.9. The first-order valence-corrected chi connectivity index (χ1v) is 12.5. The molecule has 0 fully saturated rings. The van der Waals surface area contributed by atoms with Gasteiger partial charge in [-0.2, -0.15) is 0 Å². The van der Waals surface area contributed by atoms with Gasteiger partial charge in [-0.15, -0.1) is 10.2 Å². The first kappa shape index (κ1) is 22.6. The number of nitrogens with zero attached hydrogens (tertiary/aromatic N) is 4. The normalized spacial score (nSPS) is 12.4. The van der Waals surface area contributed by atoms with Crippen LogP contribution in [0.1, 0.15) is 18.7 Å². The number of nitrogens with two attached hydrogens (primary N) is 1.